The summed E-state index contributed by atoms with van der Waals surface area (Å²) in [6.07, 6.45) is 2.71. The molecule has 0 aromatic heterocycles. The van der Waals surface area contributed by atoms with Gasteiger partial charge in [0.05, 0.1) is 11.1 Å². The van der Waals surface area contributed by atoms with Crippen LogP contribution < -0.4 is 4.74 Å². The Bertz CT molecular complexity index is 1260. The van der Waals surface area contributed by atoms with Crippen LogP contribution in [0.15, 0.2) is 54.6 Å². The van der Waals surface area contributed by atoms with Crippen molar-refractivity contribution < 1.29 is 29.3 Å². The van der Waals surface area contributed by atoms with Crippen molar-refractivity contribution in [3.8, 4) is 5.75 Å². The van der Waals surface area contributed by atoms with Crippen LogP contribution in [0.1, 0.15) is 85.1 Å². The topological polar surface area (TPSA) is 101 Å². The second kappa shape index (κ2) is 11.5. The fraction of sp³-hybridized carbons (Fsp3) is 0.276. The van der Waals surface area contributed by atoms with Gasteiger partial charge in [-0.1, -0.05) is 37.6 Å². The minimum absolute atomic E-state index is 0.0301. The summed E-state index contributed by atoms with van der Waals surface area (Å²) in [5.41, 5.74) is 4.84. The first-order valence-corrected chi connectivity index (χ1v) is 11.6. The molecule has 3 aromatic rings. The van der Waals surface area contributed by atoms with Crippen molar-refractivity contribution in [2.75, 3.05) is 0 Å². The summed E-state index contributed by atoms with van der Waals surface area (Å²) in [6.45, 7) is 6.22. The van der Waals surface area contributed by atoms with Crippen molar-refractivity contribution in [3.63, 3.8) is 0 Å². The molecule has 0 unspecified atom stereocenters. The first-order chi connectivity index (χ1) is 16.7. The summed E-state index contributed by atoms with van der Waals surface area (Å²) >= 11 is 0. The van der Waals surface area contributed by atoms with Gasteiger partial charge in [0.2, 0.25) is 0 Å². The zero-order valence-electron chi connectivity index (χ0n) is 20.3. The highest BCUT2D eigenvalue weighted by molar-refractivity contribution is 5.96. The summed E-state index contributed by atoms with van der Waals surface area (Å²) in [7, 11) is 0. The van der Waals surface area contributed by atoms with Gasteiger partial charge in [0, 0.05) is 12.0 Å². The molecule has 0 atom stereocenters. The van der Waals surface area contributed by atoms with E-state index in [4.69, 9.17) is 4.74 Å². The third kappa shape index (κ3) is 6.35. The van der Waals surface area contributed by atoms with E-state index in [2.05, 4.69) is 6.92 Å². The zero-order chi connectivity index (χ0) is 25.5. The minimum Gasteiger partial charge on any atom is -0.489 e. The number of carbonyl (C=O) groups is 3. The number of carbonyl (C=O) groups excluding carboxylic acids is 1. The molecule has 0 saturated carbocycles. The van der Waals surface area contributed by atoms with Crippen LogP contribution in [0.3, 0.4) is 0 Å². The van der Waals surface area contributed by atoms with Crippen molar-refractivity contribution in [1.29, 1.82) is 0 Å². The Kier molecular flexibility index (Phi) is 8.42. The zero-order valence-corrected chi connectivity index (χ0v) is 20.3. The Balaban J connectivity index is 1.83. The first-order valence-electron chi connectivity index (χ1n) is 11.6. The maximum atomic E-state index is 12.3. The van der Waals surface area contributed by atoms with Crippen LogP contribution in [0.5, 0.6) is 5.75 Å². The van der Waals surface area contributed by atoms with Gasteiger partial charge in [0.1, 0.15) is 12.4 Å². The van der Waals surface area contributed by atoms with Gasteiger partial charge in [-0.25, -0.2) is 9.59 Å². The number of carboxylic acid groups (broad SMARTS) is 2. The van der Waals surface area contributed by atoms with E-state index in [9.17, 15) is 24.6 Å². The maximum absolute atomic E-state index is 12.3. The van der Waals surface area contributed by atoms with Crippen molar-refractivity contribution in [3.05, 3.63) is 99.1 Å². The number of hydrogen-bond acceptors (Lipinski definition) is 4. The standard InChI is InChI=1S/C29H30O6/c1-4-5-9-26(30)22-12-13-27(19(3)14-22)35-17-25-18(2)7-6-8-20(25)15-21-10-11-23(28(31)32)16-24(21)29(33)34/h6-8,10-14,16H,4-5,9,15,17H2,1-3H3,(H,31,32)(H,33,34). The van der Waals surface area contributed by atoms with Crippen molar-refractivity contribution >= 4 is 17.7 Å². The van der Waals surface area contributed by atoms with E-state index in [1.807, 2.05) is 44.2 Å². The van der Waals surface area contributed by atoms with E-state index in [1.165, 1.54) is 12.1 Å². The lowest BCUT2D eigenvalue weighted by molar-refractivity contribution is 0.0695. The average Bonchev–Trinajstić information content (AvgIpc) is 2.82. The van der Waals surface area contributed by atoms with Gasteiger partial charge in [-0.2, -0.15) is 0 Å². The van der Waals surface area contributed by atoms with Crippen molar-refractivity contribution in [2.24, 2.45) is 0 Å². The number of carboxylic acids is 2. The fourth-order valence-corrected chi connectivity index (χ4v) is 4.02. The molecule has 0 spiro atoms. The van der Waals surface area contributed by atoms with Crippen molar-refractivity contribution in [1.82, 2.24) is 0 Å². The number of unbranched alkanes of at least 4 members (excludes halogenated alkanes) is 1. The van der Waals surface area contributed by atoms with Gasteiger partial charge in [-0.15, -0.1) is 0 Å². The number of aryl methyl sites for hydroxylation is 2. The molecule has 0 radical (unpaired) electrons. The Labute approximate surface area is 205 Å². The molecule has 0 aliphatic carbocycles. The second-order valence-electron chi connectivity index (χ2n) is 8.67. The van der Waals surface area contributed by atoms with E-state index < -0.39 is 11.9 Å². The summed E-state index contributed by atoms with van der Waals surface area (Å²) in [6, 6.07) is 15.4. The quantitative estimate of drug-likeness (QED) is 0.319. The summed E-state index contributed by atoms with van der Waals surface area (Å²) in [4.78, 5) is 35.4. The predicted octanol–water partition coefficient (Wildman–Crippen LogP) is 6.24. The third-order valence-corrected chi connectivity index (χ3v) is 6.10. The van der Waals surface area contributed by atoms with E-state index in [1.54, 1.807) is 12.1 Å². The number of ether oxygens (including phenoxy) is 1. The molecule has 0 aliphatic rings. The van der Waals surface area contributed by atoms with Crippen LogP contribution in [0.25, 0.3) is 0 Å². The highest BCUT2D eigenvalue weighted by Gasteiger charge is 2.17. The minimum atomic E-state index is -1.17. The molecule has 182 valence electrons. The molecule has 3 aromatic carbocycles. The van der Waals surface area contributed by atoms with Crippen LogP contribution in [0.2, 0.25) is 0 Å². The molecule has 6 heteroatoms. The highest BCUT2D eigenvalue weighted by Crippen LogP contribution is 2.26. The largest absolute Gasteiger partial charge is 0.489 e. The number of hydrogen-bond donors (Lipinski definition) is 2. The number of rotatable bonds is 11. The first kappa shape index (κ1) is 25.7. The molecule has 2 N–H and O–H groups in total. The lowest BCUT2D eigenvalue weighted by Crippen LogP contribution is -2.09. The highest BCUT2D eigenvalue weighted by atomic mass is 16.5. The molecule has 0 saturated heterocycles. The van der Waals surface area contributed by atoms with Crippen LogP contribution in [0, 0.1) is 13.8 Å². The molecule has 0 fully saturated rings. The van der Waals surface area contributed by atoms with Gasteiger partial charge in [-0.3, -0.25) is 4.79 Å². The van der Waals surface area contributed by atoms with Gasteiger partial charge in [0.15, 0.2) is 5.78 Å². The van der Waals surface area contributed by atoms with Crippen molar-refractivity contribution in [2.45, 2.75) is 53.1 Å². The Morgan fingerprint density at radius 3 is 2.23 bits per heavy atom. The van der Waals surface area contributed by atoms with E-state index >= 15 is 0 Å². The van der Waals surface area contributed by atoms with Gasteiger partial charge in [-0.05, 0) is 84.8 Å². The number of Topliss-reactive ketones (excluding diaryl/α,β-unsaturated/α-hetero) is 1. The number of ketones is 1. The Morgan fingerprint density at radius 1 is 0.829 bits per heavy atom. The smallest absolute Gasteiger partial charge is 0.336 e. The van der Waals surface area contributed by atoms with E-state index in [0.29, 0.717) is 29.7 Å². The lowest BCUT2D eigenvalue weighted by atomic mass is 9.93. The summed E-state index contributed by atoms with van der Waals surface area (Å²) in [5, 5.41) is 18.8. The van der Waals surface area contributed by atoms with Crippen LogP contribution in [0.4, 0.5) is 0 Å². The Morgan fingerprint density at radius 2 is 1.57 bits per heavy atom. The third-order valence-electron chi connectivity index (χ3n) is 6.10. The fourth-order valence-electron chi connectivity index (χ4n) is 4.02. The van der Waals surface area contributed by atoms with Crippen LogP contribution in [-0.2, 0) is 13.0 Å². The number of aromatic carboxylic acids is 2. The predicted molar refractivity (Wildman–Crippen MR) is 134 cm³/mol. The SMILES string of the molecule is CCCCC(=O)c1ccc(OCc2c(C)cccc2Cc2ccc(C(=O)O)cc2C(=O)O)c(C)c1. The molecular formula is C29H30O6. The van der Waals surface area contributed by atoms with Crippen LogP contribution >= 0.6 is 0 Å². The molecule has 0 bridgehead atoms. The van der Waals surface area contributed by atoms with E-state index in [-0.39, 0.29) is 23.5 Å². The normalized spacial score (nSPS) is 10.7. The number of benzene rings is 3. The van der Waals surface area contributed by atoms with Gasteiger partial charge < -0.3 is 14.9 Å². The summed E-state index contributed by atoms with van der Waals surface area (Å²) in [5.74, 6) is -1.52. The van der Waals surface area contributed by atoms with Crippen LogP contribution in [-0.4, -0.2) is 27.9 Å². The monoisotopic (exact) mass is 474 g/mol. The average molecular weight is 475 g/mol. The molecule has 0 aliphatic heterocycles. The van der Waals surface area contributed by atoms with E-state index in [0.717, 1.165) is 35.1 Å². The maximum Gasteiger partial charge on any atom is 0.336 e. The molecule has 0 heterocycles. The molecule has 3 rings (SSSR count). The second-order valence-corrected chi connectivity index (χ2v) is 8.67. The lowest BCUT2D eigenvalue weighted by Gasteiger charge is -2.16. The van der Waals surface area contributed by atoms with Gasteiger partial charge in [0.25, 0.3) is 0 Å². The Hall–Kier alpha value is -3.93. The molecular weight excluding hydrogens is 444 g/mol. The molecule has 35 heavy (non-hydrogen) atoms. The molecule has 0 amide bonds. The molecule has 6 nitrogen and oxygen atoms in total. The van der Waals surface area contributed by atoms with Gasteiger partial charge >= 0.3 is 11.9 Å². The summed E-state index contributed by atoms with van der Waals surface area (Å²) < 4.78 is 6.12.